The molecule has 0 fully saturated rings. The molecular formula is C10H5F5N2OS. The van der Waals surface area contributed by atoms with Crippen LogP contribution in [0.1, 0.15) is 0 Å². The van der Waals surface area contributed by atoms with E-state index in [1.54, 1.807) is 0 Å². The molecule has 2 N–H and O–H groups in total. The van der Waals surface area contributed by atoms with Gasteiger partial charge in [-0.2, -0.15) is 0 Å². The number of nitrogens with two attached hydrogens (primary N) is 1. The topological polar surface area (TPSA) is 48.1 Å². The molecule has 3 nitrogen and oxygen atoms in total. The maximum absolute atomic E-state index is 13.6. The number of nitrogens with zero attached hydrogens (tertiary/aromatic N) is 1. The van der Waals surface area contributed by atoms with Crippen LogP contribution in [0.4, 0.5) is 27.1 Å². The predicted molar refractivity (Wildman–Crippen MR) is 58.6 cm³/mol. The highest BCUT2D eigenvalue weighted by Crippen LogP contribution is 2.32. The Labute approximate surface area is 107 Å². The van der Waals surface area contributed by atoms with Crippen LogP contribution in [-0.4, -0.2) is 11.3 Å². The summed E-state index contributed by atoms with van der Waals surface area (Å²) in [6.07, 6.45) is -5.10. The van der Waals surface area contributed by atoms with Crippen LogP contribution in [0.2, 0.25) is 0 Å². The number of ether oxygens (including phenoxy) is 1. The molecule has 2 aromatic rings. The van der Waals surface area contributed by atoms with Crippen molar-refractivity contribution in [2.24, 2.45) is 0 Å². The first kappa shape index (κ1) is 13.5. The third-order valence-corrected chi connectivity index (χ3v) is 2.72. The van der Waals surface area contributed by atoms with E-state index in [4.69, 9.17) is 5.73 Å². The lowest BCUT2D eigenvalue weighted by atomic mass is 10.1. The van der Waals surface area contributed by atoms with E-state index < -0.39 is 23.7 Å². The maximum atomic E-state index is 13.6. The Morgan fingerprint density at radius 3 is 2.37 bits per heavy atom. The van der Waals surface area contributed by atoms with E-state index in [1.165, 1.54) is 5.38 Å². The summed E-state index contributed by atoms with van der Waals surface area (Å²) in [6, 6.07) is 0.887. The van der Waals surface area contributed by atoms with E-state index in [2.05, 4.69) is 9.72 Å². The number of hydrogen-bond acceptors (Lipinski definition) is 4. The lowest BCUT2D eigenvalue weighted by molar-refractivity contribution is -0.275. The van der Waals surface area contributed by atoms with Gasteiger partial charge in [0, 0.05) is 17.0 Å². The molecule has 0 aliphatic carbocycles. The Morgan fingerprint density at radius 2 is 1.84 bits per heavy atom. The number of hydrogen-bond donors (Lipinski definition) is 1. The Balaban J connectivity index is 2.42. The molecule has 19 heavy (non-hydrogen) atoms. The third kappa shape index (κ3) is 3.11. The zero-order valence-corrected chi connectivity index (χ0v) is 9.78. The number of nitrogen functional groups attached to an aromatic ring is 1. The van der Waals surface area contributed by atoms with Crippen molar-refractivity contribution < 1.29 is 26.7 Å². The van der Waals surface area contributed by atoms with Gasteiger partial charge in [0.05, 0.1) is 5.69 Å². The van der Waals surface area contributed by atoms with Crippen molar-refractivity contribution in [3.8, 4) is 17.0 Å². The first-order valence-electron chi connectivity index (χ1n) is 4.72. The molecule has 0 saturated carbocycles. The highest BCUT2D eigenvalue weighted by Gasteiger charge is 2.33. The van der Waals surface area contributed by atoms with Gasteiger partial charge in [0.2, 0.25) is 0 Å². The van der Waals surface area contributed by atoms with Crippen LogP contribution in [0.3, 0.4) is 0 Å². The fraction of sp³-hybridized carbons (Fsp3) is 0.100. The molecule has 0 atom stereocenters. The molecule has 0 radical (unpaired) electrons. The minimum Gasteiger partial charge on any atom is -0.403 e. The number of halogens is 5. The summed E-state index contributed by atoms with van der Waals surface area (Å²) in [5.74, 6) is -3.68. The van der Waals surface area contributed by atoms with Crippen LogP contribution >= 0.6 is 11.3 Å². The van der Waals surface area contributed by atoms with Crippen molar-refractivity contribution in [2.75, 3.05) is 5.73 Å². The van der Waals surface area contributed by atoms with Gasteiger partial charge in [-0.05, 0) is 6.07 Å². The minimum absolute atomic E-state index is 0.0393. The average Bonchev–Trinajstić information content (AvgIpc) is 2.67. The first-order valence-corrected chi connectivity index (χ1v) is 5.60. The summed E-state index contributed by atoms with van der Waals surface area (Å²) >= 11 is 0.994. The van der Waals surface area contributed by atoms with Gasteiger partial charge in [-0.15, -0.1) is 24.5 Å². The van der Waals surface area contributed by atoms with Gasteiger partial charge < -0.3 is 10.5 Å². The number of thiazole rings is 1. The Hall–Kier alpha value is -1.90. The molecule has 0 spiro atoms. The largest absolute Gasteiger partial charge is 0.573 e. The number of benzene rings is 1. The summed E-state index contributed by atoms with van der Waals surface area (Å²) in [7, 11) is 0. The normalized spacial score (nSPS) is 11.6. The Kier molecular flexibility index (Phi) is 3.31. The summed E-state index contributed by atoms with van der Waals surface area (Å²) in [6.45, 7) is 0. The molecule has 0 bridgehead atoms. The lowest BCUT2D eigenvalue weighted by Gasteiger charge is -2.10. The predicted octanol–water partition coefficient (Wildman–Crippen LogP) is 3.57. The molecule has 1 aromatic heterocycles. The van der Waals surface area contributed by atoms with Crippen LogP contribution in [0.25, 0.3) is 11.3 Å². The molecule has 0 unspecified atom stereocenters. The second kappa shape index (κ2) is 4.65. The van der Waals surface area contributed by atoms with Crippen LogP contribution in [0.5, 0.6) is 5.75 Å². The number of aromatic nitrogens is 1. The molecule has 0 saturated heterocycles. The molecule has 102 valence electrons. The zero-order chi connectivity index (χ0) is 14.2. The van der Waals surface area contributed by atoms with Gasteiger partial charge in [-0.25, -0.2) is 13.8 Å². The van der Waals surface area contributed by atoms with Crippen molar-refractivity contribution in [1.82, 2.24) is 4.98 Å². The lowest BCUT2D eigenvalue weighted by Crippen LogP contribution is -2.18. The SMILES string of the molecule is Nc1nc(-c2cc(F)c(OC(F)(F)F)cc2F)cs1. The van der Waals surface area contributed by atoms with E-state index in [0.717, 1.165) is 11.3 Å². The van der Waals surface area contributed by atoms with Gasteiger partial charge in [0.25, 0.3) is 0 Å². The van der Waals surface area contributed by atoms with Gasteiger partial charge in [0.15, 0.2) is 16.7 Å². The van der Waals surface area contributed by atoms with Crippen molar-refractivity contribution in [3.63, 3.8) is 0 Å². The molecule has 0 aliphatic heterocycles. The van der Waals surface area contributed by atoms with E-state index in [-0.39, 0.29) is 16.4 Å². The molecule has 2 rings (SSSR count). The number of alkyl halides is 3. The highest BCUT2D eigenvalue weighted by atomic mass is 32.1. The number of anilines is 1. The fourth-order valence-electron chi connectivity index (χ4n) is 1.34. The fourth-order valence-corrected chi connectivity index (χ4v) is 1.90. The van der Waals surface area contributed by atoms with Crippen molar-refractivity contribution in [1.29, 1.82) is 0 Å². The molecule has 0 amide bonds. The van der Waals surface area contributed by atoms with Gasteiger partial charge in [-0.3, -0.25) is 0 Å². The quantitative estimate of drug-likeness (QED) is 0.862. The van der Waals surface area contributed by atoms with E-state index in [0.29, 0.717) is 12.1 Å². The summed E-state index contributed by atoms with van der Waals surface area (Å²) in [4.78, 5) is 3.71. The van der Waals surface area contributed by atoms with Gasteiger partial charge in [0.1, 0.15) is 5.82 Å². The van der Waals surface area contributed by atoms with Crippen molar-refractivity contribution >= 4 is 16.5 Å². The van der Waals surface area contributed by atoms with E-state index >= 15 is 0 Å². The monoisotopic (exact) mass is 296 g/mol. The van der Waals surface area contributed by atoms with Crippen LogP contribution in [-0.2, 0) is 0 Å². The van der Waals surface area contributed by atoms with Gasteiger partial charge >= 0.3 is 6.36 Å². The molecule has 1 aromatic carbocycles. The minimum atomic E-state index is -5.10. The molecule has 1 heterocycles. The summed E-state index contributed by atoms with van der Waals surface area (Å²) < 4.78 is 66.2. The molecule has 0 aliphatic rings. The first-order chi connectivity index (χ1) is 8.76. The van der Waals surface area contributed by atoms with Crippen molar-refractivity contribution in [3.05, 3.63) is 29.1 Å². The standard InChI is InChI=1S/C10H5F5N2OS/c11-5-2-8(18-10(13,14)15)6(12)1-4(5)7-3-19-9(16)17-7/h1-3H,(H2,16,17). The molecule has 9 heteroatoms. The average molecular weight is 296 g/mol. The second-order valence-electron chi connectivity index (χ2n) is 3.38. The second-order valence-corrected chi connectivity index (χ2v) is 4.27. The van der Waals surface area contributed by atoms with Crippen LogP contribution in [0.15, 0.2) is 17.5 Å². The summed E-state index contributed by atoms with van der Waals surface area (Å²) in [5.41, 5.74) is 5.08. The Morgan fingerprint density at radius 1 is 1.16 bits per heavy atom. The highest BCUT2D eigenvalue weighted by molar-refractivity contribution is 7.13. The molecular weight excluding hydrogens is 291 g/mol. The van der Waals surface area contributed by atoms with E-state index in [1.807, 2.05) is 0 Å². The van der Waals surface area contributed by atoms with Crippen molar-refractivity contribution in [2.45, 2.75) is 6.36 Å². The van der Waals surface area contributed by atoms with Crippen LogP contribution < -0.4 is 10.5 Å². The Bertz CT molecular complexity index is 610. The zero-order valence-electron chi connectivity index (χ0n) is 8.96. The third-order valence-electron chi connectivity index (χ3n) is 2.05. The van der Waals surface area contributed by atoms with Gasteiger partial charge in [-0.1, -0.05) is 0 Å². The summed E-state index contributed by atoms with van der Waals surface area (Å²) in [5, 5.41) is 1.49. The van der Waals surface area contributed by atoms with Crippen LogP contribution in [0, 0.1) is 11.6 Å². The van der Waals surface area contributed by atoms with E-state index in [9.17, 15) is 22.0 Å². The smallest absolute Gasteiger partial charge is 0.403 e. The maximum Gasteiger partial charge on any atom is 0.573 e. The number of rotatable bonds is 2.